The van der Waals surface area contributed by atoms with Crippen LogP contribution in [0.25, 0.3) is 10.8 Å². The molecule has 1 aliphatic heterocycles. The van der Waals surface area contributed by atoms with Crippen molar-refractivity contribution in [1.82, 2.24) is 0 Å². The third-order valence-electron chi connectivity index (χ3n) is 6.73. The van der Waals surface area contributed by atoms with E-state index in [1.165, 1.54) is 0 Å². The van der Waals surface area contributed by atoms with Gasteiger partial charge in [0.25, 0.3) is 0 Å². The van der Waals surface area contributed by atoms with E-state index >= 15 is 4.39 Å². The smallest absolute Gasteiger partial charge is 0.387 e. The number of ether oxygens (including phenoxy) is 3. The minimum atomic E-state index is -3.34. The van der Waals surface area contributed by atoms with Crippen molar-refractivity contribution < 1.29 is 36.2 Å². The third-order valence-corrected chi connectivity index (χ3v) is 6.73. The van der Waals surface area contributed by atoms with Gasteiger partial charge in [0.1, 0.15) is 5.82 Å². The summed E-state index contributed by atoms with van der Waals surface area (Å²) in [5.41, 5.74) is 1.66. The first kappa shape index (κ1) is 28.0. The molecule has 0 bridgehead atoms. The van der Waals surface area contributed by atoms with Crippen LogP contribution in [-0.2, 0) is 28.7 Å². The maximum absolute atomic E-state index is 15.2. The van der Waals surface area contributed by atoms with E-state index in [4.69, 9.17) is 9.47 Å². The van der Waals surface area contributed by atoms with Crippen LogP contribution in [0.2, 0.25) is 0 Å². The Morgan fingerprint density at radius 3 is 2.32 bits per heavy atom. The van der Waals surface area contributed by atoms with E-state index in [2.05, 4.69) is 10.8 Å². The number of aryl methyl sites for hydroxylation is 3. The Hall–Kier alpha value is -2.97. The van der Waals surface area contributed by atoms with E-state index in [0.29, 0.717) is 36.5 Å². The van der Waals surface area contributed by atoms with Gasteiger partial charge in [0.05, 0.1) is 13.2 Å². The molecule has 0 saturated carbocycles. The second-order valence-corrected chi connectivity index (χ2v) is 9.51. The summed E-state index contributed by atoms with van der Waals surface area (Å²) in [6.45, 7) is 0.0660. The van der Waals surface area contributed by atoms with Gasteiger partial charge in [-0.1, -0.05) is 42.5 Å². The van der Waals surface area contributed by atoms with Gasteiger partial charge in [-0.2, -0.15) is 8.78 Å². The molecule has 1 fully saturated rings. The van der Waals surface area contributed by atoms with E-state index in [-0.39, 0.29) is 24.7 Å². The Morgan fingerprint density at radius 1 is 0.895 bits per heavy atom. The SMILES string of the molecule is C/C=C/CCC1COC(CCc2ccc3c(F)c(CCc4cc(F)c(OC(F)F)c(F)c4)ccc3c2)OC1. The summed E-state index contributed by atoms with van der Waals surface area (Å²) in [6, 6.07) is 10.9. The molecule has 204 valence electrons. The van der Waals surface area contributed by atoms with Crippen molar-refractivity contribution in [2.75, 3.05) is 13.2 Å². The predicted molar refractivity (Wildman–Crippen MR) is 136 cm³/mol. The minimum Gasteiger partial charge on any atom is -0.429 e. The highest BCUT2D eigenvalue weighted by molar-refractivity contribution is 5.84. The summed E-state index contributed by atoms with van der Waals surface area (Å²) in [5.74, 6) is -3.55. The van der Waals surface area contributed by atoms with Gasteiger partial charge in [-0.25, -0.2) is 13.2 Å². The van der Waals surface area contributed by atoms with E-state index < -0.39 is 29.8 Å². The molecule has 0 atom stereocenters. The molecule has 3 aromatic carbocycles. The number of alkyl halides is 2. The largest absolute Gasteiger partial charge is 0.429 e. The Balaban J connectivity index is 1.33. The molecule has 1 aliphatic rings. The van der Waals surface area contributed by atoms with Gasteiger partial charge in [-0.15, -0.1) is 0 Å². The monoisotopic (exact) mass is 534 g/mol. The fourth-order valence-corrected chi connectivity index (χ4v) is 4.67. The molecule has 4 rings (SSSR count). The van der Waals surface area contributed by atoms with Crippen LogP contribution < -0.4 is 4.74 Å². The molecule has 38 heavy (non-hydrogen) atoms. The number of fused-ring (bicyclic) bond motifs is 1. The van der Waals surface area contributed by atoms with Gasteiger partial charge in [-0.05, 0) is 73.2 Å². The zero-order valence-corrected chi connectivity index (χ0v) is 21.2. The molecule has 8 heteroatoms. The number of halogens is 5. The standard InChI is InChI=1S/C30H31F5O3/c1-2-3-4-5-21-17-36-27(37-18-21)13-8-19-7-12-24-23(14-19)11-10-22(28(24)33)9-6-20-15-25(31)29(26(32)16-20)38-30(34)35/h2-3,7,10-12,14-16,21,27,30H,4-6,8-9,13,17-18H2,1H3/b3-2+. The first-order valence-corrected chi connectivity index (χ1v) is 12.8. The summed E-state index contributed by atoms with van der Waals surface area (Å²) < 4.78 is 83.4. The fourth-order valence-electron chi connectivity index (χ4n) is 4.67. The molecular formula is C30H31F5O3. The fraction of sp³-hybridized carbons (Fsp3) is 0.400. The van der Waals surface area contributed by atoms with Crippen molar-refractivity contribution in [3.63, 3.8) is 0 Å². The highest BCUT2D eigenvalue weighted by Crippen LogP contribution is 2.28. The maximum atomic E-state index is 15.2. The number of hydrogen-bond acceptors (Lipinski definition) is 3. The molecule has 3 aromatic rings. The van der Waals surface area contributed by atoms with Crippen molar-refractivity contribution in [1.29, 1.82) is 0 Å². The molecule has 0 aliphatic carbocycles. The van der Waals surface area contributed by atoms with Gasteiger partial charge in [0, 0.05) is 17.7 Å². The minimum absolute atomic E-state index is 0.126. The summed E-state index contributed by atoms with van der Waals surface area (Å²) in [4.78, 5) is 0. The van der Waals surface area contributed by atoms with Gasteiger partial charge >= 0.3 is 6.61 Å². The number of benzene rings is 3. The Labute approximate surface area is 219 Å². The van der Waals surface area contributed by atoms with Crippen LogP contribution >= 0.6 is 0 Å². The van der Waals surface area contributed by atoms with Crippen molar-refractivity contribution >= 4 is 10.8 Å². The highest BCUT2D eigenvalue weighted by atomic mass is 19.3. The molecule has 0 radical (unpaired) electrons. The normalized spacial score (nSPS) is 18.1. The van der Waals surface area contributed by atoms with Crippen LogP contribution in [0.1, 0.15) is 42.9 Å². The molecule has 3 nitrogen and oxygen atoms in total. The Bertz CT molecular complexity index is 1230. The lowest BCUT2D eigenvalue weighted by molar-refractivity contribution is -0.203. The number of hydrogen-bond donors (Lipinski definition) is 0. The zero-order chi connectivity index (χ0) is 27.1. The average Bonchev–Trinajstić information content (AvgIpc) is 2.90. The second kappa shape index (κ2) is 13.2. The van der Waals surface area contributed by atoms with E-state index in [1.807, 2.05) is 31.2 Å². The molecule has 0 amide bonds. The first-order chi connectivity index (χ1) is 18.3. The lowest BCUT2D eigenvalue weighted by Gasteiger charge is -2.29. The number of allylic oxidation sites excluding steroid dienone is 2. The summed E-state index contributed by atoms with van der Waals surface area (Å²) in [5, 5.41) is 1.21. The highest BCUT2D eigenvalue weighted by Gasteiger charge is 2.22. The van der Waals surface area contributed by atoms with Gasteiger partial charge in [0.15, 0.2) is 23.7 Å². The topological polar surface area (TPSA) is 27.7 Å². The quantitative estimate of drug-likeness (QED) is 0.185. The maximum Gasteiger partial charge on any atom is 0.387 e. The summed E-state index contributed by atoms with van der Waals surface area (Å²) in [7, 11) is 0. The molecule has 0 spiro atoms. The van der Waals surface area contributed by atoms with Crippen LogP contribution in [0, 0.1) is 23.4 Å². The Morgan fingerprint density at radius 2 is 1.63 bits per heavy atom. The molecular weight excluding hydrogens is 503 g/mol. The van der Waals surface area contributed by atoms with Gasteiger partial charge in [0.2, 0.25) is 0 Å². The van der Waals surface area contributed by atoms with E-state index in [1.54, 1.807) is 12.1 Å². The molecule has 1 heterocycles. The molecule has 0 aromatic heterocycles. The predicted octanol–water partition coefficient (Wildman–Crippen LogP) is 7.92. The molecule has 0 N–H and O–H groups in total. The van der Waals surface area contributed by atoms with E-state index in [9.17, 15) is 17.6 Å². The van der Waals surface area contributed by atoms with E-state index in [0.717, 1.165) is 42.3 Å². The van der Waals surface area contributed by atoms with Gasteiger partial charge < -0.3 is 14.2 Å². The molecule has 1 saturated heterocycles. The first-order valence-electron chi connectivity index (χ1n) is 12.8. The van der Waals surface area contributed by atoms with Crippen molar-refractivity contribution in [2.24, 2.45) is 5.92 Å². The summed E-state index contributed by atoms with van der Waals surface area (Å²) in [6.07, 6.45) is 7.78. The van der Waals surface area contributed by atoms with Gasteiger partial charge in [-0.3, -0.25) is 0 Å². The third kappa shape index (κ3) is 7.32. The summed E-state index contributed by atoms with van der Waals surface area (Å²) >= 11 is 0. The molecule has 0 unspecified atom stereocenters. The second-order valence-electron chi connectivity index (χ2n) is 9.51. The van der Waals surface area contributed by atoms with Crippen molar-refractivity contribution in [3.05, 3.63) is 88.8 Å². The van der Waals surface area contributed by atoms with Crippen LogP contribution in [0.4, 0.5) is 22.0 Å². The number of rotatable bonds is 11. The van der Waals surface area contributed by atoms with Crippen LogP contribution in [0.5, 0.6) is 5.75 Å². The lowest BCUT2D eigenvalue weighted by Crippen LogP contribution is -2.32. The van der Waals surface area contributed by atoms with Crippen LogP contribution in [0.3, 0.4) is 0 Å². The lowest BCUT2D eigenvalue weighted by atomic mass is 9.98. The van der Waals surface area contributed by atoms with Crippen LogP contribution in [-0.4, -0.2) is 26.1 Å². The van der Waals surface area contributed by atoms with Crippen LogP contribution in [0.15, 0.2) is 54.6 Å². The average molecular weight is 535 g/mol. The Kier molecular flexibility index (Phi) is 9.74. The van der Waals surface area contributed by atoms with Crippen molar-refractivity contribution in [2.45, 2.75) is 58.4 Å². The van der Waals surface area contributed by atoms with Crippen molar-refractivity contribution in [3.8, 4) is 5.75 Å². The zero-order valence-electron chi connectivity index (χ0n) is 21.2.